The van der Waals surface area contributed by atoms with E-state index in [1.54, 1.807) is 17.0 Å². The number of aromatic nitrogens is 1. The summed E-state index contributed by atoms with van der Waals surface area (Å²) >= 11 is 6.10. The van der Waals surface area contributed by atoms with E-state index in [1.807, 2.05) is 0 Å². The molecule has 0 saturated carbocycles. The zero-order valence-corrected chi connectivity index (χ0v) is 12.8. The number of halogens is 1. The summed E-state index contributed by atoms with van der Waals surface area (Å²) in [5, 5.41) is 12.8. The maximum absolute atomic E-state index is 12.6. The Hall–Kier alpha value is -1.37. The second kappa shape index (κ2) is 7.59. The van der Waals surface area contributed by atoms with E-state index in [0.717, 1.165) is 13.0 Å². The average Bonchev–Trinajstić information content (AvgIpc) is 2.53. The molecule has 1 aliphatic heterocycles. The number of ether oxygens (including phenoxy) is 1. The lowest BCUT2D eigenvalue weighted by Crippen LogP contribution is -2.50. The number of hydrogen-bond donors (Lipinski definition) is 2. The van der Waals surface area contributed by atoms with Crippen LogP contribution in [-0.2, 0) is 4.74 Å². The molecule has 0 aliphatic carbocycles. The van der Waals surface area contributed by atoms with Crippen LogP contribution < -0.4 is 5.32 Å². The first kappa shape index (κ1) is 16.0. The molecule has 1 unspecified atom stereocenters. The molecule has 116 valence electrons. The highest BCUT2D eigenvalue weighted by molar-refractivity contribution is 6.33. The normalized spacial score (nSPS) is 18.6. The first-order valence-electron chi connectivity index (χ1n) is 7.07. The fourth-order valence-electron chi connectivity index (χ4n) is 2.15. The Bertz CT molecular complexity index is 498. The molecule has 0 spiro atoms. The smallest absolute Gasteiger partial charge is 0.274 e. The van der Waals surface area contributed by atoms with E-state index in [9.17, 15) is 9.90 Å². The third-order valence-corrected chi connectivity index (χ3v) is 3.61. The van der Waals surface area contributed by atoms with Gasteiger partial charge in [-0.15, -0.1) is 0 Å². The molecule has 0 bridgehead atoms. The number of anilines is 1. The number of aliphatic hydroxyl groups is 1. The molecule has 2 rings (SSSR count). The third-order valence-electron chi connectivity index (χ3n) is 3.30. The minimum atomic E-state index is -0.351. The SMILES string of the molecule is CCCNc1ccc(Cl)c(C(=O)N2CCOCC2CO)n1. The molecule has 1 aromatic rings. The van der Waals surface area contributed by atoms with Crippen molar-refractivity contribution in [1.82, 2.24) is 9.88 Å². The summed E-state index contributed by atoms with van der Waals surface area (Å²) in [6, 6.07) is 3.06. The van der Waals surface area contributed by atoms with Gasteiger partial charge in [0.25, 0.3) is 5.91 Å². The number of amides is 1. The zero-order chi connectivity index (χ0) is 15.2. The number of nitrogens with one attached hydrogen (secondary N) is 1. The highest BCUT2D eigenvalue weighted by Crippen LogP contribution is 2.20. The van der Waals surface area contributed by atoms with Crippen LogP contribution in [0.5, 0.6) is 0 Å². The average molecular weight is 314 g/mol. The van der Waals surface area contributed by atoms with Crippen LogP contribution in [0, 0.1) is 0 Å². The highest BCUT2D eigenvalue weighted by atomic mass is 35.5. The van der Waals surface area contributed by atoms with Gasteiger partial charge in [-0.2, -0.15) is 0 Å². The van der Waals surface area contributed by atoms with Crippen molar-refractivity contribution in [3.05, 3.63) is 22.8 Å². The molecule has 21 heavy (non-hydrogen) atoms. The molecule has 1 saturated heterocycles. The van der Waals surface area contributed by atoms with Crippen LogP contribution in [0.2, 0.25) is 5.02 Å². The predicted octanol–water partition coefficient (Wildman–Crippen LogP) is 1.39. The summed E-state index contributed by atoms with van der Waals surface area (Å²) in [5.41, 5.74) is 0.207. The van der Waals surface area contributed by atoms with Crippen molar-refractivity contribution in [2.24, 2.45) is 0 Å². The van der Waals surface area contributed by atoms with E-state index in [1.165, 1.54) is 0 Å². The van der Waals surface area contributed by atoms with Gasteiger partial charge < -0.3 is 20.1 Å². The van der Waals surface area contributed by atoms with E-state index in [-0.39, 0.29) is 24.2 Å². The molecular weight excluding hydrogens is 294 g/mol. The maximum atomic E-state index is 12.6. The van der Waals surface area contributed by atoms with E-state index >= 15 is 0 Å². The topological polar surface area (TPSA) is 74.7 Å². The number of pyridine rings is 1. The molecule has 0 aromatic carbocycles. The molecule has 7 heteroatoms. The quantitative estimate of drug-likeness (QED) is 0.859. The molecule has 2 N–H and O–H groups in total. The van der Waals surface area contributed by atoms with Gasteiger partial charge in [0.1, 0.15) is 11.5 Å². The van der Waals surface area contributed by atoms with Gasteiger partial charge in [0.05, 0.1) is 30.9 Å². The fourth-order valence-corrected chi connectivity index (χ4v) is 2.34. The number of hydrogen-bond acceptors (Lipinski definition) is 5. The second-order valence-electron chi connectivity index (χ2n) is 4.86. The summed E-state index contributed by atoms with van der Waals surface area (Å²) in [6.07, 6.45) is 0.962. The molecule has 1 atom stereocenters. The van der Waals surface area contributed by atoms with Gasteiger partial charge in [-0.05, 0) is 18.6 Å². The van der Waals surface area contributed by atoms with E-state index < -0.39 is 0 Å². The van der Waals surface area contributed by atoms with Crippen LogP contribution in [0.15, 0.2) is 12.1 Å². The van der Waals surface area contributed by atoms with Crippen molar-refractivity contribution in [1.29, 1.82) is 0 Å². The predicted molar refractivity (Wildman–Crippen MR) is 80.8 cm³/mol. The Morgan fingerprint density at radius 1 is 1.62 bits per heavy atom. The number of carbonyl (C=O) groups excluding carboxylic acids is 1. The number of aliphatic hydroxyl groups excluding tert-OH is 1. The monoisotopic (exact) mass is 313 g/mol. The fraction of sp³-hybridized carbons (Fsp3) is 0.571. The van der Waals surface area contributed by atoms with E-state index in [0.29, 0.717) is 30.6 Å². The standard InChI is InChI=1S/C14H20ClN3O3/c1-2-5-16-12-4-3-11(15)13(17-12)14(20)18-6-7-21-9-10(18)8-19/h3-4,10,19H,2,5-9H2,1H3,(H,16,17). The Morgan fingerprint density at radius 2 is 2.43 bits per heavy atom. The maximum Gasteiger partial charge on any atom is 0.274 e. The number of carbonyl (C=O) groups is 1. The molecule has 1 amide bonds. The Balaban J connectivity index is 2.20. The largest absolute Gasteiger partial charge is 0.394 e. The number of nitrogens with zero attached hydrogens (tertiary/aromatic N) is 2. The van der Waals surface area contributed by atoms with E-state index in [2.05, 4.69) is 17.2 Å². The van der Waals surface area contributed by atoms with Crippen LogP contribution in [-0.4, -0.2) is 59.8 Å². The lowest BCUT2D eigenvalue weighted by molar-refractivity contribution is -0.0186. The number of morpholine rings is 1. The van der Waals surface area contributed by atoms with Gasteiger partial charge in [0.2, 0.25) is 0 Å². The van der Waals surface area contributed by atoms with Crippen molar-refractivity contribution in [2.45, 2.75) is 19.4 Å². The molecule has 0 radical (unpaired) electrons. The van der Waals surface area contributed by atoms with Gasteiger partial charge in [-0.1, -0.05) is 18.5 Å². The Kier molecular flexibility index (Phi) is 5.78. The molecule has 1 aromatic heterocycles. The van der Waals surface area contributed by atoms with Gasteiger partial charge in [0, 0.05) is 13.1 Å². The highest BCUT2D eigenvalue weighted by Gasteiger charge is 2.29. The van der Waals surface area contributed by atoms with Crippen molar-refractivity contribution in [3.8, 4) is 0 Å². The lowest BCUT2D eigenvalue weighted by atomic mass is 10.2. The Labute approximate surface area is 129 Å². The van der Waals surface area contributed by atoms with Crippen LogP contribution >= 0.6 is 11.6 Å². The van der Waals surface area contributed by atoms with Crippen LogP contribution in [0.25, 0.3) is 0 Å². The van der Waals surface area contributed by atoms with Crippen molar-refractivity contribution in [3.63, 3.8) is 0 Å². The van der Waals surface area contributed by atoms with Crippen LogP contribution in [0.3, 0.4) is 0 Å². The second-order valence-corrected chi connectivity index (χ2v) is 5.27. The summed E-state index contributed by atoms with van der Waals surface area (Å²) < 4.78 is 5.28. The summed E-state index contributed by atoms with van der Waals surface area (Å²) in [6.45, 7) is 3.89. The first-order valence-corrected chi connectivity index (χ1v) is 7.45. The summed E-state index contributed by atoms with van der Waals surface area (Å²) in [5.74, 6) is 0.348. The summed E-state index contributed by atoms with van der Waals surface area (Å²) in [4.78, 5) is 18.5. The molecule has 6 nitrogen and oxygen atoms in total. The van der Waals surface area contributed by atoms with E-state index in [4.69, 9.17) is 16.3 Å². The minimum absolute atomic E-state index is 0.142. The van der Waals surface area contributed by atoms with Crippen LogP contribution in [0.1, 0.15) is 23.8 Å². The van der Waals surface area contributed by atoms with Gasteiger partial charge >= 0.3 is 0 Å². The molecule has 2 heterocycles. The summed E-state index contributed by atoms with van der Waals surface area (Å²) in [7, 11) is 0. The zero-order valence-electron chi connectivity index (χ0n) is 12.0. The molecule has 1 aliphatic rings. The van der Waals surface area contributed by atoms with Gasteiger partial charge in [0.15, 0.2) is 0 Å². The van der Waals surface area contributed by atoms with Crippen LogP contribution in [0.4, 0.5) is 5.82 Å². The Morgan fingerprint density at radius 3 is 3.14 bits per heavy atom. The molecule has 1 fully saturated rings. The van der Waals surface area contributed by atoms with Crippen molar-refractivity contribution in [2.75, 3.05) is 38.2 Å². The van der Waals surface area contributed by atoms with Gasteiger partial charge in [-0.3, -0.25) is 4.79 Å². The lowest BCUT2D eigenvalue weighted by Gasteiger charge is -2.34. The number of rotatable bonds is 5. The minimum Gasteiger partial charge on any atom is -0.394 e. The van der Waals surface area contributed by atoms with Crippen molar-refractivity contribution < 1.29 is 14.6 Å². The van der Waals surface area contributed by atoms with Crippen molar-refractivity contribution >= 4 is 23.3 Å². The first-order chi connectivity index (χ1) is 10.2. The molecular formula is C14H20ClN3O3. The van der Waals surface area contributed by atoms with Gasteiger partial charge in [-0.25, -0.2) is 4.98 Å². The third kappa shape index (κ3) is 3.84.